The van der Waals surface area contributed by atoms with E-state index in [-0.39, 0.29) is 18.2 Å². The molecule has 0 aliphatic carbocycles. The number of rotatable bonds is 6. The number of aryl methyl sites for hydroxylation is 1. The molecule has 2 aliphatic rings. The summed E-state index contributed by atoms with van der Waals surface area (Å²) in [5.74, 6) is -0.0863. The third-order valence-corrected chi connectivity index (χ3v) is 7.25. The fourth-order valence-corrected chi connectivity index (χ4v) is 5.41. The topological polar surface area (TPSA) is 84.0 Å². The van der Waals surface area contributed by atoms with Gasteiger partial charge in [-0.2, -0.15) is 0 Å². The first-order valence-corrected chi connectivity index (χ1v) is 12.3. The van der Waals surface area contributed by atoms with Crippen molar-refractivity contribution in [2.24, 2.45) is 5.92 Å². The van der Waals surface area contributed by atoms with E-state index in [1.165, 1.54) is 16.9 Å². The molecule has 0 spiro atoms. The highest BCUT2D eigenvalue weighted by molar-refractivity contribution is 7.22. The van der Waals surface area contributed by atoms with Crippen molar-refractivity contribution in [3.8, 4) is 5.75 Å². The average Bonchev–Trinajstić information content (AvgIpc) is 3.42. The zero-order chi connectivity index (χ0) is 23.7. The zero-order valence-corrected chi connectivity index (χ0v) is 20.2. The van der Waals surface area contributed by atoms with Crippen LogP contribution in [0.1, 0.15) is 17.5 Å². The number of nitrogens with one attached hydrogen (secondary N) is 1. The highest BCUT2D eigenvalue weighted by Gasteiger charge is 2.36. The van der Waals surface area contributed by atoms with Crippen molar-refractivity contribution in [2.45, 2.75) is 19.9 Å². The SMILES string of the molecule is COc1ccc(C)cc1N1CC(C(=O)Nc2nc3ccc(CN4CCOCC4)cc3s2)CC1=O. The largest absolute Gasteiger partial charge is 0.495 e. The van der Waals surface area contributed by atoms with Crippen LogP contribution in [-0.2, 0) is 20.9 Å². The van der Waals surface area contributed by atoms with Gasteiger partial charge in [0.2, 0.25) is 11.8 Å². The fourth-order valence-electron chi connectivity index (χ4n) is 4.47. The van der Waals surface area contributed by atoms with E-state index >= 15 is 0 Å². The first kappa shape index (κ1) is 22.8. The molecule has 1 unspecified atom stereocenters. The lowest BCUT2D eigenvalue weighted by Gasteiger charge is -2.26. The van der Waals surface area contributed by atoms with Crippen LogP contribution in [0.2, 0.25) is 0 Å². The molecule has 2 amide bonds. The van der Waals surface area contributed by atoms with E-state index in [4.69, 9.17) is 9.47 Å². The van der Waals surface area contributed by atoms with Gasteiger partial charge in [-0.05, 0) is 42.3 Å². The molecule has 0 radical (unpaired) electrons. The van der Waals surface area contributed by atoms with Crippen molar-refractivity contribution < 1.29 is 19.1 Å². The van der Waals surface area contributed by atoms with Gasteiger partial charge in [0, 0.05) is 32.6 Å². The van der Waals surface area contributed by atoms with Crippen LogP contribution < -0.4 is 15.0 Å². The highest BCUT2D eigenvalue weighted by Crippen LogP contribution is 2.35. The average molecular weight is 481 g/mol. The van der Waals surface area contributed by atoms with Crippen LogP contribution in [0.25, 0.3) is 10.2 Å². The van der Waals surface area contributed by atoms with Crippen molar-refractivity contribution in [1.29, 1.82) is 0 Å². The predicted octanol–water partition coefficient (Wildman–Crippen LogP) is 3.44. The zero-order valence-electron chi connectivity index (χ0n) is 19.4. The van der Waals surface area contributed by atoms with Crippen LogP contribution >= 0.6 is 11.3 Å². The second-order valence-corrected chi connectivity index (χ2v) is 9.81. The number of anilines is 2. The maximum absolute atomic E-state index is 13.0. The van der Waals surface area contributed by atoms with Gasteiger partial charge in [0.15, 0.2) is 5.13 Å². The number of benzene rings is 2. The number of hydrogen-bond donors (Lipinski definition) is 1. The minimum atomic E-state index is -0.443. The molecule has 2 aromatic carbocycles. The molecule has 1 atom stereocenters. The number of morpholine rings is 1. The van der Waals surface area contributed by atoms with Gasteiger partial charge in [-0.1, -0.05) is 23.5 Å². The highest BCUT2D eigenvalue weighted by atomic mass is 32.1. The van der Waals surface area contributed by atoms with E-state index < -0.39 is 5.92 Å². The Balaban J connectivity index is 1.26. The number of amides is 2. The number of carbonyl (C=O) groups excluding carboxylic acids is 2. The summed E-state index contributed by atoms with van der Waals surface area (Å²) in [7, 11) is 1.58. The summed E-state index contributed by atoms with van der Waals surface area (Å²) >= 11 is 1.46. The first-order valence-electron chi connectivity index (χ1n) is 11.5. The molecular weight excluding hydrogens is 452 g/mol. The van der Waals surface area contributed by atoms with E-state index in [0.29, 0.717) is 23.1 Å². The molecule has 3 aromatic rings. The van der Waals surface area contributed by atoms with Crippen LogP contribution in [-0.4, -0.2) is 61.7 Å². The quantitative estimate of drug-likeness (QED) is 0.582. The second kappa shape index (κ2) is 9.69. The lowest BCUT2D eigenvalue weighted by Crippen LogP contribution is -2.35. The van der Waals surface area contributed by atoms with Gasteiger partial charge in [-0.3, -0.25) is 14.5 Å². The molecule has 178 valence electrons. The Morgan fingerprint density at radius 2 is 2.06 bits per heavy atom. The van der Waals surface area contributed by atoms with Crippen LogP contribution in [0.15, 0.2) is 36.4 Å². The van der Waals surface area contributed by atoms with Gasteiger partial charge >= 0.3 is 0 Å². The Kier molecular flexibility index (Phi) is 6.49. The summed E-state index contributed by atoms with van der Waals surface area (Å²) in [6, 6.07) is 11.9. The molecular formula is C25H28N4O4S. The number of hydrogen-bond acceptors (Lipinski definition) is 7. The molecule has 1 aromatic heterocycles. The summed E-state index contributed by atoms with van der Waals surface area (Å²) in [6.45, 7) is 6.59. The smallest absolute Gasteiger partial charge is 0.231 e. The standard InChI is InChI=1S/C25H28N4O4S/c1-16-3-6-21(32-2)20(11-16)29-15-18(13-23(29)30)24(31)27-25-26-19-5-4-17(12-22(19)34-25)14-28-7-9-33-10-8-28/h3-6,11-12,18H,7-10,13-15H2,1-2H3,(H,26,27,31). The van der Waals surface area contributed by atoms with Crippen molar-refractivity contribution in [3.05, 3.63) is 47.5 Å². The number of thiazole rings is 1. The Hall–Kier alpha value is -3.01. The Labute approximate surface area is 202 Å². The van der Waals surface area contributed by atoms with E-state index in [2.05, 4.69) is 27.3 Å². The van der Waals surface area contributed by atoms with E-state index in [1.54, 1.807) is 12.0 Å². The number of methoxy groups -OCH3 is 1. The van der Waals surface area contributed by atoms with E-state index in [1.807, 2.05) is 31.2 Å². The lowest BCUT2D eigenvalue weighted by atomic mass is 10.1. The monoisotopic (exact) mass is 480 g/mol. The summed E-state index contributed by atoms with van der Waals surface area (Å²) in [5, 5.41) is 3.50. The number of ether oxygens (including phenoxy) is 2. The first-order chi connectivity index (χ1) is 16.5. The van der Waals surface area contributed by atoms with Gasteiger partial charge in [0.05, 0.1) is 42.1 Å². The molecule has 9 heteroatoms. The summed E-state index contributed by atoms with van der Waals surface area (Å²) in [4.78, 5) is 34.3. The normalized spacial score (nSPS) is 19.1. The predicted molar refractivity (Wildman–Crippen MR) is 133 cm³/mol. The molecule has 34 heavy (non-hydrogen) atoms. The molecule has 0 saturated carbocycles. The summed E-state index contributed by atoms with van der Waals surface area (Å²) in [5.41, 5.74) is 3.81. The minimum absolute atomic E-state index is 0.0823. The Bertz CT molecular complexity index is 1220. The maximum atomic E-state index is 13.0. The van der Waals surface area contributed by atoms with Gasteiger partial charge in [0.25, 0.3) is 0 Å². The number of fused-ring (bicyclic) bond motifs is 1. The second-order valence-electron chi connectivity index (χ2n) is 8.78. The van der Waals surface area contributed by atoms with Crippen molar-refractivity contribution in [1.82, 2.24) is 9.88 Å². The summed E-state index contributed by atoms with van der Waals surface area (Å²) in [6.07, 6.45) is 0.164. The maximum Gasteiger partial charge on any atom is 0.231 e. The molecule has 2 aliphatic heterocycles. The molecule has 2 fully saturated rings. The molecule has 2 saturated heterocycles. The minimum Gasteiger partial charge on any atom is -0.495 e. The van der Waals surface area contributed by atoms with Crippen LogP contribution in [0.4, 0.5) is 10.8 Å². The number of carbonyl (C=O) groups is 2. The van der Waals surface area contributed by atoms with Gasteiger partial charge in [0.1, 0.15) is 5.75 Å². The van der Waals surface area contributed by atoms with Gasteiger partial charge in [-0.15, -0.1) is 0 Å². The third-order valence-electron chi connectivity index (χ3n) is 6.31. The summed E-state index contributed by atoms with van der Waals surface area (Å²) < 4.78 is 11.9. The van der Waals surface area contributed by atoms with E-state index in [9.17, 15) is 9.59 Å². The number of aromatic nitrogens is 1. The fraction of sp³-hybridized carbons (Fsp3) is 0.400. The van der Waals surface area contributed by atoms with Crippen LogP contribution in [0, 0.1) is 12.8 Å². The molecule has 8 nitrogen and oxygen atoms in total. The molecule has 5 rings (SSSR count). The molecule has 0 bridgehead atoms. The lowest BCUT2D eigenvalue weighted by molar-refractivity contribution is -0.122. The third kappa shape index (κ3) is 4.77. The van der Waals surface area contributed by atoms with Crippen molar-refractivity contribution in [3.63, 3.8) is 0 Å². The van der Waals surface area contributed by atoms with Crippen LogP contribution in [0.3, 0.4) is 0 Å². The van der Waals surface area contributed by atoms with Gasteiger partial charge < -0.3 is 19.7 Å². The van der Waals surface area contributed by atoms with Crippen molar-refractivity contribution in [2.75, 3.05) is 50.2 Å². The van der Waals surface area contributed by atoms with E-state index in [0.717, 1.165) is 48.6 Å². The Morgan fingerprint density at radius 1 is 1.24 bits per heavy atom. The van der Waals surface area contributed by atoms with Crippen LogP contribution in [0.5, 0.6) is 5.75 Å². The molecule has 3 heterocycles. The van der Waals surface area contributed by atoms with Gasteiger partial charge in [-0.25, -0.2) is 4.98 Å². The van der Waals surface area contributed by atoms with Crippen molar-refractivity contribution >= 4 is 44.2 Å². The Morgan fingerprint density at radius 3 is 2.85 bits per heavy atom. The molecule has 1 N–H and O–H groups in total. The number of nitrogens with zero attached hydrogens (tertiary/aromatic N) is 3.